The average Bonchev–Trinajstić information content (AvgIpc) is 2.65. The van der Waals surface area contributed by atoms with E-state index in [2.05, 4.69) is 26.1 Å². The van der Waals surface area contributed by atoms with E-state index in [0.29, 0.717) is 24.2 Å². The predicted molar refractivity (Wildman–Crippen MR) is 83.0 cm³/mol. The van der Waals surface area contributed by atoms with Gasteiger partial charge in [0.25, 0.3) is 0 Å². The lowest BCUT2D eigenvalue weighted by Crippen LogP contribution is -2.41. The molecule has 1 fully saturated rings. The number of aliphatic carboxylic acids is 1. The molecule has 4 atom stereocenters. The third kappa shape index (κ3) is 5.75. The van der Waals surface area contributed by atoms with Crippen LogP contribution in [-0.4, -0.2) is 36.0 Å². The number of aldehydes is 1. The largest absolute Gasteiger partial charge is 0.481 e. The minimum absolute atomic E-state index is 0.0372. The second-order valence-electron chi connectivity index (χ2n) is 7.20. The highest BCUT2D eigenvalue weighted by Crippen LogP contribution is 2.48. The van der Waals surface area contributed by atoms with Gasteiger partial charge in [0.1, 0.15) is 6.29 Å². The average molecular weight is 298 g/mol. The van der Waals surface area contributed by atoms with Crippen LogP contribution in [0.4, 0.5) is 0 Å². The van der Waals surface area contributed by atoms with Gasteiger partial charge in [-0.25, -0.2) is 0 Å². The van der Waals surface area contributed by atoms with Crippen LogP contribution >= 0.6 is 0 Å². The van der Waals surface area contributed by atoms with Crippen molar-refractivity contribution in [2.24, 2.45) is 23.0 Å². The molecule has 1 aliphatic rings. The third-order valence-electron chi connectivity index (χ3n) is 4.98. The van der Waals surface area contributed by atoms with Crippen molar-refractivity contribution >= 4 is 12.3 Å². The lowest BCUT2D eigenvalue weighted by Gasteiger charge is -2.30. The fourth-order valence-corrected chi connectivity index (χ4v) is 3.59. The first-order chi connectivity index (χ1) is 9.76. The Labute approximate surface area is 127 Å². The molecule has 0 amide bonds. The van der Waals surface area contributed by atoms with E-state index in [1.807, 2.05) is 0 Å². The predicted octanol–water partition coefficient (Wildman–Crippen LogP) is 1.80. The number of hydrogen-bond acceptors (Lipinski definition) is 4. The van der Waals surface area contributed by atoms with Crippen LogP contribution < -0.4 is 11.1 Å². The van der Waals surface area contributed by atoms with E-state index in [0.717, 1.165) is 18.8 Å². The molecule has 5 nitrogen and oxygen atoms in total. The summed E-state index contributed by atoms with van der Waals surface area (Å²) in [5, 5.41) is 11.6. The summed E-state index contributed by atoms with van der Waals surface area (Å²) in [6, 6.07) is -0.680. The van der Waals surface area contributed by atoms with Crippen molar-refractivity contribution < 1.29 is 14.7 Å². The summed E-state index contributed by atoms with van der Waals surface area (Å²) in [7, 11) is 0. The minimum Gasteiger partial charge on any atom is -0.481 e. The molecule has 0 radical (unpaired) electrons. The first kappa shape index (κ1) is 18.1. The monoisotopic (exact) mass is 298 g/mol. The smallest absolute Gasteiger partial charge is 0.305 e. The van der Waals surface area contributed by atoms with Gasteiger partial charge in [0.05, 0.1) is 12.5 Å². The maximum absolute atomic E-state index is 10.8. The number of carboxylic acid groups (broad SMARTS) is 1. The SMILES string of the molecule is CC1CCC(C)(C)C1CCC(N)CN[C@H](C=O)CC(=O)O. The lowest BCUT2D eigenvalue weighted by atomic mass is 9.76. The van der Waals surface area contributed by atoms with Gasteiger partial charge in [0.2, 0.25) is 0 Å². The van der Waals surface area contributed by atoms with E-state index in [-0.39, 0.29) is 12.5 Å². The van der Waals surface area contributed by atoms with E-state index < -0.39 is 12.0 Å². The van der Waals surface area contributed by atoms with Crippen molar-refractivity contribution in [1.29, 1.82) is 0 Å². The van der Waals surface area contributed by atoms with Crippen LogP contribution in [0.15, 0.2) is 0 Å². The molecule has 1 saturated carbocycles. The molecule has 0 aromatic rings. The fourth-order valence-electron chi connectivity index (χ4n) is 3.59. The molecular formula is C16H30N2O3. The molecule has 4 N–H and O–H groups in total. The zero-order chi connectivity index (χ0) is 16.0. The third-order valence-corrected chi connectivity index (χ3v) is 4.98. The van der Waals surface area contributed by atoms with Gasteiger partial charge in [-0.1, -0.05) is 20.8 Å². The van der Waals surface area contributed by atoms with Gasteiger partial charge < -0.3 is 21.0 Å². The first-order valence-corrected chi connectivity index (χ1v) is 7.92. The minimum atomic E-state index is -0.977. The van der Waals surface area contributed by atoms with Crippen molar-refractivity contribution in [1.82, 2.24) is 5.32 Å². The van der Waals surface area contributed by atoms with E-state index in [1.54, 1.807) is 0 Å². The molecule has 122 valence electrons. The molecule has 5 heteroatoms. The second kappa shape index (κ2) is 7.90. The molecule has 0 saturated heterocycles. The van der Waals surface area contributed by atoms with Gasteiger partial charge in [0, 0.05) is 12.6 Å². The highest BCUT2D eigenvalue weighted by atomic mass is 16.4. The number of hydrogen-bond donors (Lipinski definition) is 3. The quantitative estimate of drug-likeness (QED) is 0.564. The number of carbonyl (C=O) groups is 2. The molecule has 0 heterocycles. The standard InChI is InChI=1S/C16H30N2O3/c1-11-6-7-16(2,3)14(11)5-4-12(17)9-18-13(10-19)8-15(20)21/h10-14,18H,4-9,17H2,1-3H3,(H,20,21)/t11?,12?,13-,14?/m0/s1. The molecule has 1 aliphatic carbocycles. The van der Waals surface area contributed by atoms with Crippen LogP contribution in [0, 0.1) is 17.3 Å². The van der Waals surface area contributed by atoms with Crippen LogP contribution in [0.25, 0.3) is 0 Å². The number of nitrogens with two attached hydrogens (primary N) is 1. The van der Waals surface area contributed by atoms with Crippen LogP contribution in [-0.2, 0) is 9.59 Å². The highest BCUT2D eigenvalue weighted by molar-refractivity contribution is 5.73. The highest BCUT2D eigenvalue weighted by Gasteiger charge is 2.39. The van der Waals surface area contributed by atoms with Crippen molar-refractivity contribution in [3.05, 3.63) is 0 Å². The van der Waals surface area contributed by atoms with Crippen LogP contribution in [0.5, 0.6) is 0 Å². The van der Waals surface area contributed by atoms with Crippen LogP contribution in [0.3, 0.4) is 0 Å². The summed E-state index contributed by atoms with van der Waals surface area (Å²) in [5.74, 6) is 0.467. The molecule has 21 heavy (non-hydrogen) atoms. The van der Waals surface area contributed by atoms with Crippen molar-refractivity contribution in [2.75, 3.05) is 6.54 Å². The summed E-state index contributed by atoms with van der Waals surface area (Å²) in [5.41, 5.74) is 6.48. The molecular weight excluding hydrogens is 268 g/mol. The Hall–Kier alpha value is -0.940. The van der Waals surface area contributed by atoms with Crippen molar-refractivity contribution in [3.63, 3.8) is 0 Å². The van der Waals surface area contributed by atoms with Gasteiger partial charge in [-0.05, 0) is 42.9 Å². The van der Waals surface area contributed by atoms with Crippen molar-refractivity contribution in [2.45, 2.75) is 65.0 Å². The van der Waals surface area contributed by atoms with Crippen LogP contribution in [0.1, 0.15) is 52.9 Å². The topological polar surface area (TPSA) is 92.4 Å². The molecule has 0 aromatic carbocycles. The van der Waals surface area contributed by atoms with E-state index in [4.69, 9.17) is 10.8 Å². The van der Waals surface area contributed by atoms with Gasteiger partial charge in [-0.3, -0.25) is 4.79 Å². The van der Waals surface area contributed by atoms with Crippen molar-refractivity contribution in [3.8, 4) is 0 Å². The Morgan fingerprint density at radius 2 is 2.19 bits per heavy atom. The maximum Gasteiger partial charge on any atom is 0.305 e. The Morgan fingerprint density at radius 1 is 1.52 bits per heavy atom. The summed E-state index contributed by atoms with van der Waals surface area (Å²) >= 11 is 0. The Morgan fingerprint density at radius 3 is 2.67 bits per heavy atom. The molecule has 1 rings (SSSR count). The lowest BCUT2D eigenvalue weighted by molar-refractivity contribution is -0.138. The number of carbonyl (C=O) groups excluding carboxylic acids is 1. The molecule has 3 unspecified atom stereocenters. The molecule has 0 aliphatic heterocycles. The summed E-state index contributed by atoms with van der Waals surface area (Å²) in [6.45, 7) is 7.47. The second-order valence-corrected chi connectivity index (χ2v) is 7.20. The summed E-state index contributed by atoms with van der Waals surface area (Å²) < 4.78 is 0. The Balaban J connectivity index is 2.32. The van der Waals surface area contributed by atoms with Gasteiger partial charge in [-0.15, -0.1) is 0 Å². The number of rotatable bonds is 9. The van der Waals surface area contributed by atoms with Crippen LogP contribution in [0.2, 0.25) is 0 Å². The molecule has 0 aromatic heterocycles. The summed E-state index contributed by atoms with van der Waals surface area (Å²) in [4.78, 5) is 21.4. The number of carboxylic acids is 1. The zero-order valence-electron chi connectivity index (χ0n) is 13.5. The molecule has 0 spiro atoms. The van der Waals surface area contributed by atoms with Gasteiger partial charge in [-0.2, -0.15) is 0 Å². The van der Waals surface area contributed by atoms with E-state index in [9.17, 15) is 9.59 Å². The number of nitrogens with one attached hydrogen (secondary N) is 1. The molecule has 0 bridgehead atoms. The van der Waals surface area contributed by atoms with E-state index in [1.165, 1.54) is 12.8 Å². The Kier molecular flexibility index (Phi) is 6.81. The van der Waals surface area contributed by atoms with E-state index >= 15 is 0 Å². The maximum atomic E-state index is 10.8. The zero-order valence-corrected chi connectivity index (χ0v) is 13.5. The van der Waals surface area contributed by atoms with Gasteiger partial charge in [0.15, 0.2) is 0 Å². The fraction of sp³-hybridized carbons (Fsp3) is 0.875. The Bertz CT molecular complexity index is 357. The normalized spacial score (nSPS) is 27.2. The van der Waals surface area contributed by atoms with Gasteiger partial charge >= 0.3 is 5.97 Å². The summed E-state index contributed by atoms with van der Waals surface area (Å²) in [6.07, 6.45) is 5.02. The first-order valence-electron chi connectivity index (χ1n) is 7.92.